The normalized spacial score (nSPS) is 17.2. The predicted molar refractivity (Wildman–Crippen MR) is 93.4 cm³/mol. The van der Waals surface area contributed by atoms with Gasteiger partial charge in [0.25, 0.3) is 0 Å². The Morgan fingerprint density at radius 3 is 2.92 bits per heavy atom. The number of anilines is 1. The lowest BCUT2D eigenvalue weighted by Gasteiger charge is -2.22. The van der Waals surface area contributed by atoms with Gasteiger partial charge in [-0.05, 0) is 41.9 Å². The number of hydrogen-bond donors (Lipinski definition) is 1. The van der Waals surface area contributed by atoms with Crippen LogP contribution in [0.2, 0.25) is 0 Å². The number of nitro groups is 1. The summed E-state index contributed by atoms with van der Waals surface area (Å²) in [5, 5.41) is 10.8. The monoisotopic (exact) mass is 362 g/mol. The van der Waals surface area contributed by atoms with Gasteiger partial charge in [-0.15, -0.1) is 0 Å². The number of ether oxygens (including phenoxy) is 3. The lowest BCUT2D eigenvalue weighted by molar-refractivity contribution is -0.396. The van der Waals surface area contributed by atoms with E-state index in [0.29, 0.717) is 23.7 Å². The van der Waals surface area contributed by atoms with Crippen molar-refractivity contribution in [3.8, 4) is 5.75 Å². The Morgan fingerprint density at radius 2 is 2.27 bits per heavy atom. The van der Waals surface area contributed by atoms with E-state index < -0.39 is 4.92 Å². The molecule has 1 aliphatic rings. The summed E-state index contributed by atoms with van der Waals surface area (Å²) in [6.07, 6.45) is 4.38. The number of nitrogens with zero attached hydrogens (tertiary/aromatic N) is 3. The molecule has 3 rings (SSSR count). The van der Waals surface area contributed by atoms with Gasteiger partial charge in [0.2, 0.25) is 0 Å². The molecule has 0 aliphatic carbocycles. The van der Waals surface area contributed by atoms with Crippen molar-refractivity contribution in [2.45, 2.75) is 38.8 Å². The van der Waals surface area contributed by atoms with Gasteiger partial charge in [-0.25, -0.2) is 4.57 Å². The number of nitrogens with two attached hydrogens (primary N) is 1. The average Bonchev–Trinajstić information content (AvgIpc) is 3.01. The Morgan fingerprint density at radius 1 is 1.42 bits per heavy atom. The minimum Gasteiger partial charge on any atom is -0.484 e. The van der Waals surface area contributed by atoms with Crippen molar-refractivity contribution in [3.63, 3.8) is 0 Å². The van der Waals surface area contributed by atoms with Crippen molar-refractivity contribution in [2.75, 3.05) is 12.3 Å². The van der Waals surface area contributed by atoms with Gasteiger partial charge in [0.1, 0.15) is 18.6 Å². The summed E-state index contributed by atoms with van der Waals surface area (Å²) in [5.41, 5.74) is 8.03. The summed E-state index contributed by atoms with van der Waals surface area (Å²) >= 11 is 0. The highest BCUT2D eigenvalue weighted by Crippen LogP contribution is 2.25. The van der Waals surface area contributed by atoms with E-state index in [-0.39, 0.29) is 18.8 Å². The van der Waals surface area contributed by atoms with Crippen molar-refractivity contribution in [1.29, 1.82) is 0 Å². The molecule has 9 nitrogen and oxygen atoms in total. The molecule has 1 atom stereocenters. The quantitative estimate of drug-likeness (QED) is 0.457. The van der Waals surface area contributed by atoms with Crippen molar-refractivity contribution >= 4 is 11.6 Å². The molecule has 1 aromatic carbocycles. The van der Waals surface area contributed by atoms with Gasteiger partial charge in [0.05, 0.1) is 19.3 Å². The van der Waals surface area contributed by atoms with E-state index in [1.807, 2.05) is 6.07 Å². The zero-order valence-corrected chi connectivity index (χ0v) is 14.6. The van der Waals surface area contributed by atoms with Gasteiger partial charge in [-0.3, -0.25) is 0 Å². The minimum absolute atomic E-state index is 0.132. The smallest absolute Gasteiger partial charge is 0.434 e. The molecule has 2 heterocycles. The Balaban J connectivity index is 1.56. The fourth-order valence-corrected chi connectivity index (χ4v) is 2.74. The Bertz CT molecular complexity index is 771. The number of imidazole rings is 1. The second-order valence-corrected chi connectivity index (χ2v) is 6.13. The molecule has 2 aromatic rings. The number of hydrogen-bond acceptors (Lipinski definition) is 7. The van der Waals surface area contributed by atoms with Crippen LogP contribution >= 0.6 is 0 Å². The van der Waals surface area contributed by atoms with Gasteiger partial charge < -0.3 is 30.1 Å². The molecule has 0 spiro atoms. The first kappa shape index (κ1) is 18.2. The summed E-state index contributed by atoms with van der Waals surface area (Å²) in [4.78, 5) is 14.0. The molecule has 1 fully saturated rings. The zero-order valence-electron chi connectivity index (χ0n) is 14.6. The fraction of sp³-hybridized carbons (Fsp3) is 0.471. The predicted octanol–water partition coefficient (Wildman–Crippen LogP) is 2.53. The van der Waals surface area contributed by atoms with E-state index in [2.05, 4.69) is 4.98 Å². The molecule has 1 aromatic heterocycles. The first-order chi connectivity index (χ1) is 12.5. The maximum Gasteiger partial charge on any atom is 0.434 e. The zero-order chi connectivity index (χ0) is 18.5. The first-order valence-electron chi connectivity index (χ1n) is 8.44. The summed E-state index contributed by atoms with van der Waals surface area (Å²) in [5.74, 6) is 0.278. The molecule has 140 valence electrons. The van der Waals surface area contributed by atoms with Gasteiger partial charge >= 0.3 is 5.95 Å². The second kappa shape index (κ2) is 8.15. The van der Waals surface area contributed by atoms with Crippen LogP contribution in [-0.4, -0.2) is 27.4 Å². The number of aromatic nitrogens is 2. The highest BCUT2D eigenvalue weighted by Gasteiger charge is 2.18. The molecular weight excluding hydrogens is 340 g/mol. The lowest BCUT2D eigenvalue weighted by atomic mass is 10.2. The Labute approximate surface area is 150 Å². The number of benzene rings is 1. The summed E-state index contributed by atoms with van der Waals surface area (Å²) < 4.78 is 18.3. The third-order valence-corrected chi connectivity index (χ3v) is 4.25. The van der Waals surface area contributed by atoms with E-state index in [1.54, 1.807) is 19.2 Å². The lowest BCUT2D eigenvalue weighted by Crippen LogP contribution is -2.22. The molecule has 0 bridgehead atoms. The topological polar surface area (TPSA) is 115 Å². The third kappa shape index (κ3) is 4.30. The average molecular weight is 362 g/mol. The second-order valence-electron chi connectivity index (χ2n) is 6.13. The summed E-state index contributed by atoms with van der Waals surface area (Å²) in [6, 6.07) is 5.44. The van der Waals surface area contributed by atoms with Crippen molar-refractivity contribution < 1.29 is 19.1 Å². The number of nitrogen functional groups attached to an aromatic ring is 1. The molecule has 1 unspecified atom stereocenters. The van der Waals surface area contributed by atoms with Crippen LogP contribution in [0.3, 0.4) is 0 Å². The van der Waals surface area contributed by atoms with Crippen LogP contribution in [0.15, 0.2) is 24.4 Å². The van der Waals surface area contributed by atoms with E-state index in [0.717, 1.165) is 31.4 Å². The van der Waals surface area contributed by atoms with Crippen LogP contribution in [0.5, 0.6) is 5.75 Å². The van der Waals surface area contributed by atoms with Crippen LogP contribution in [0, 0.1) is 10.1 Å². The van der Waals surface area contributed by atoms with Crippen LogP contribution in [0.25, 0.3) is 0 Å². The molecule has 9 heteroatoms. The van der Waals surface area contributed by atoms with E-state index in [1.165, 1.54) is 10.8 Å². The molecular formula is C17H22N4O5. The van der Waals surface area contributed by atoms with Crippen LogP contribution in [0.1, 0.15) is 30.5 Å². The highest BCUT2D eigenvalue weighted by molar-refractivity contribution is 5.54. The maximum absolute atomic E-state index is 10.8. The van der Waals surface area contributed by atoms with E-state index >= 15 is 0 Å². The minimum atomic E-state index is -0.539. The molecule has 26 heavy (non-hydrogen) atoms. The maximum atomic E-state index is 10.8. The SMILES string of the molecule is Cn1c(COc2ccc(COC3CCCCO3)cc2N)cnc1[N+](=O)[O-]. The fourth-order valence-electron chi connectivity index (χ4n) is 2.74. The van der Waals surface area contributed by atoms with Crippen molar-refractivity contribution in [2.24, 2.45) is 7.05 Å². The Kier molecular flexibility index (Phi) is 5.69. The molecule has 0 radical (unpaired) electrons. The number of rotatable bonds is 7. The largest absolute Gasteiger partial charge is 0.484 e. The van der Waals surface area contributed by atoms with Crippen molar-refractivity contribution in [3.05, 3.63) is 45.8 Å². The van der Waals surface area contributed by atoms with Gasteiger partial charge in [-0.2, -0.15) is 0 Å². The summed E-state index contributed by atoms with van der Waals surface area (Å²) in [7, 11) is 1.57. The Hall–Kier alpha value is -2.65. The summed E-state index contributed by atoms with van der Waals surface area (Å²) in [6.45, 7) is 1.29. The molecule has 0 amide bonds. The van der Waals surface area contributed by atoms with Crippen LogP contribution in [-0.2, 0) is 29.7 Å². The van der Waals surface area contributed by atoms with Crippen molar-refractivity contribution in [1.82, 2.24) is 9.55 Å². The van der Waals surface area contributed by atoms with Crippen LogP contribution in [0.4, 0.5) is 11.6 Å². The van der Waals surface area contributed by atoms with E-state index in [9.17, 15) is 10.1 Å². The van der Waals surface area contributed by atoms with Gasteiger partial charge in [0.15, 0.2) is 12.0 Å². The third-order valence-electron chi connectivity index (χ3n) is 4.25. The van der Waals surface area contributed by atoms with Crippen LogP contribution < -0.4 is 10.5 Å². The molecule has 1 aliphatic heterocycles. The highest BCUT2D eigenvalue weighted by atomic mass is 16.7. The molecule has 0 saturated carbocycles. The van der Waals surface area contributed by atoms with Gasteiger partial charge in [0, 0.05) is 6.61 Å². The van der Waals surface area contributed by atoms with Gasteiger partial charge in [-0.1, -0.05) is 11.1 Å². The molecule has 1 saturated heterocycles. The standard InChI is InChI=1S/C17H22N4O5/c1-20-13(9-19-17(20)21(22)23)11-25-15-6-5-12(8-14(15)18)10-26-16-4-2-3-7-24-16/h5-6,8-9,16H,2-4,7,10-11,18H2,1H3. The molecule has 2 N–H and O–H groups in total. The van der Waals surface area contributed by atoms with E-state index in [4.69, 9.17) is 19.9 Å². The first-order valence-corrected chi connectivity index (χ1v) is 8.44.